The first-order valence-electron chi connectivity index (χ1n) is 6.04. The maximum Gasteiger partial charge on any atom is 0.123 e. The van der Waals surface area contributed by atoms with Crippen LogP contribution in [0.25, 0.3) is 0 Å². The second kappa shape index (κ2) is 4.07. The van der Waals surface area contributed by atoms with Crippen molar-refractivity contribution in [3.63, 3.8) is 0 Å². The number of ether oxygens (including phenoxy) is 1. The molecule has 2 heterocycles. The fraction of sp³-hybridized carbons (Fsp3) is 0.538. The Bertz CT molecular complexity index is 355. The van der Waals surface area contributed by atoms with E-state index in [1.807, 2.05) is 6.07 Å². The monoisotopic (exact) mass is 218 g/mol. The third-order valence-corrected chi connectivity index (χ3v) is 3.48. The van der Waals surface area contributed by atoms with Crippen molar-refractivity contribution in [3.05, 3.63) is 29.8 Å². The fourth-order valence-corrected chi connectivity index (χ4v) is 2.67. The molecule has 0 spiro atoms. The number of benzene rings is 1. The van der Waals surface area contributed by atoms with Crippen molar-refractivity contribution in [3.8, 4) is 5.75 Å². The first-order valence-corrected chi connectivity index (χ1v) is 6.04. The number of fused-ring (bicyclic) bond motifs is 1. The molecule has 0 bridgehead atoms. The Morgan fingerprint density at radius 2 is 2.25 bits per heavy atom. The minimum atomic E-state index is 0.322. The van der Waals surface area contributed by atoms with Gasteiger partial charge in [-0.15, -0.1) is 0 Å². The minimum Gasteiger partial charge on any atom is -0.488 e. The van der Waals surface area contributed by atoms with E-state index in [0.29, 0.717) is 12.1 Å². The summed E-state index contributed by atoms with van der Waals surface area (Å²) < 4.78 is 5.92. The number of nitrogens with two attached hydrogens (primary N) is 1. The summed E-state index contributed by atoms with van der Waals surface area (Å²) in [5, 5.41) is 0. The van der Waals surface area contributed by atoms with Crippen molar-refractivity contribution < 1.29 is 4.74 Å². The van der Waals surface area contributed by atoms with Crippen LogP contribution in [0.5, 0.6) is 5.75 Å². The highest BCUT2D eigenvalue weighted by molar-refractivity contribution is 5.37. The Morgan fingerprint density at radius 3 is 3.00 bits per heavy atom. The summed E-state index contributed by atoms with van der Waals surface area (Å²) in [6.07, 6.45) is 2.49. The van der Waals surface area contributed by atoms with Gasteiger partial charge in [0.05, 0.1) is 0 Å². The van der Waals surface area contributed by atoms with Gasteiger partial charge in [-0.25, -0.2) is 0 Å². The largest absolute Gasteiger partial charge is 0.488 e. The van der Waals surface area contributed by atoms with Gasteiger partial charge in [0.25, 0.3) is 0 Å². The molecular formula is C13H18N2O. The lowest BCUT2D eigenvalue weighted by molar-refractivity contribution is 0.167. The molecule has 2 aliphatic heterocycles. The topological polar surface area (TPSA) is 38.5 Å². The van der Waals surface area contributed by atoms with Crippen molar-refractivity contribution in [2.45, 2.75) is 25.0 Å². The standard InChI is InChI=1S/C13H18N2O/c14-11-5-6-15(8-11)9-12-7-10-3-1-2-4-13(10)16-12/h1-4,11-12H,5-9,14H2. The van der Waals surface area contributed by atoms with Crippen molar-refractivity contribution in [2.75, 3.05) is 19.6 Å². The minimum absolute atomic E-state index is 0.322. The highest BCUT2D eigenvalue weighted by Gasteiger charge is 2.27. The molecule has 2 atom stereocenters. The van der Waals surface area contributed by atoms with Gasteiger partial charge in [-0.2, -0.15) is 0 Å². The summed E-state index contributed by atoms with van der Waals surface area (Å²) in [6, 6.07) is 8.70. The van der Waals surface area contributed by atoms with Crippen LogP contribution in [0.1, 0.15) is 12.0 Å². The first kappa shape index (κ1) is 10.1. The van der Waals surface area contributed by atoms with E-state index in [-0.39, 0.29) is 0 Å². The summed E-state index contributed by atoms with van der Waals surface area (Å²) in [5.74, 6) is 1.07. The average molecular weight is 218 g/mol. The van der Waals surface area contributed by atoms with Gasteiger partial charge >= 0.3 is 0 Å². The Kier molecular flexibility index (Phi) is 2.58. The van der Waals surface area contributed by atoms with Crippen LogP contribution >= 0.6 is 0 Å². The van der Waals surface area contributed by atoms with Gasteiger partial charge in [0.2, 0.25) is 0 Å². The SMILES string of the molecule is NC1CCN(CC2Cc3ccccc3O2)C1. The van der Waals surface area contributed by atoms with E-state index >= 15 is 0 Å². The molecule has 1 aromatic rings. The highest BCUT2D eigenvalue weighted by Crippen LogP contribution is 2.28. The van der Waals surface area contributed by atoms with Crippen LogP contribution in [0.15, 0.2) is 24.3 Å². The maximum atomic E-state index is 5.92. The van der Waals surface area contributed by atoms with Gasteiger partial charge in [-0.3, -0.25) is 4.90 Å². The molecule has 3 heteroatoms. The highest BCUT2D eigenvalue weighted by atomic mass is 16.5. The summed E-state index contributed by atoms with van der Waals surface area (Å²) in [5.41, 5.74) is 7.24. The van der Waals surface area contributed by atoms with Gasteiger partial charge in [0, 0.05) is 25.6 Å². The molecule has 1 saturated heterocycles. The summed E-state index contributed by atoms with van der Waals surface area (Å²) >= 11 is 0. The molecule has 0 amide bonds. The number of para-hydroxylation sites is 1. The number of rotatable bonds is 2. The van der Waals surface area contributed by atoms with E-state index in [4.69, 9.17) is 10.5 Å². The Hall–Kier alpha value is -1.06. The zero-order valence-corrected chi connectivity index (χ0v) is 9.43. The average Bonchev–Trinajstić information content (AvgIpc) is 2.84. The zero-order chi connectivity index (χ0) is 11.0. The Balaban J connectivity index is 1.60. The normalized spacial score (nSPS) is 29.1. The van der Waals surface area contributed by atoms with Crippen LogP contribution < -0.4 is 10.5 Å². The summed E-state index contributed by atoms with van der Waals surface area (Å²) in [6.45, 7) is 3.16. The number of likely N-dealkylation sites (tertiary alicyclic amines) is 1. The number of nitrogens with zero attached hydrogens (tertiary/aromatic N) is 1. The van der Waals surface area contributed by atoms with Crippen LogP contribution in [0.4, 0.5) is 0 Å². The molecule has 0 aromatic heterocycles. The van der Waals surface area contributed by atoms with Crippen LogP contribution in [-0.2, 0) is 6.42 Å². The predicted molar refractivity (Wildman–Crippen MR) is 63.6 cm³/mol. The lowest BCUT2D eigenvalue weighted by Gasteiger charge is -2.19. The van der Waals surface area contributed by atoms with Gasteiger partial charge in [-0.05, 0) is 24.6 Å². The van der Waals surface area contributed by atoms with Crippen molar-refractivity contribution in [2.24, 2.45) is 5.73 Å². The summed E-state index contributed by atoms with van der Waals surface area (Å²) in [4.78, 5) is 2.42. The van der Waals surface area contributed by atoms with Gasteiger partial charge in [-0.1, -0.05) is 18.2 Å². The molecule has 0 saturated carbocycles. The third kappa shape index (κ3) is 1.93. The smallest absolute Gasteiger partial charge is 0.123 e. The van der Waals surface area contributed by atoms with Crippen molar-refractivity contribution in [1.29, 1.82) is 0 Å². The van der Waals surface area contributed by atoms with Gasteiger partial charge in [0.15, 0.2) is 0 Å². The molecule has 3 nitrogen and oxygen atoms in total. The van der Waals surface area contributed by atoms with Crippen LogP contribution in [0.2, 0.25) is 0 Å². The molecule has 1 aromatic carbocycles. The van der Waals surface area contributed by atoms with Gasteiger partial charge in [0.1, 0.15) is 11.9 Å². The molecule has 1 fully saturated rings. The lowest BCUT2D eigenvalue weighted by atomic mass is 10.1. The lowest BCUT2D eigenvalue weighted by Crippen LogP contribution is -2.35. The van der Waals surface area contributed by atoms with Crippen LogP contribution in [0, 0.1) is 0 Å². The van der Waals surface area contributed by atoms with Gasteiger partial charge < -0.3 is 10.5 Å². The number of hydrogen-bond acceptors (Lipinski definition) is 3. The van der Waals surface area contributed by atoms with E-state index in [1.54, 1.807) is 0 Å². The molecule has 0 radical (unpaired) electrons. The quantitative estimate of drug-likeness (QED) is 0.805. The molecule has 3 rings (SSSR count). The predicted octanol–water partition coefficient (Wildman–Crippen LogP) is 1.02. The Labute approximate surface area is 96.2 Å². The van der Waals surface area contributed by atoms with E-state index < -0.39 is 0 Å². The molecule has 2 unspecified atom stereocenters. The second-order valence-corrected chi connectivity index (χ2v) is 4.86. The van der Waals surface area contributed by atoms with Crippen LogP contribution in [-0.4, -0.2) is 36.7 Å². The van der Waals surface area contributed by atoms with E-state index in [2.05, 4.69) is 23.1 Å². The zero-order valence-electron chi connectivity index (χ0n) is 9.43. The molecule has 86 valence electrons. The first-order chi connectivity index (χ1) is 7.81. The fourth-order valence-electron chi connectivity index (χ4n) is 2.67. The maximum absolute atomic E-state index is 5.92. The van der Waals surface area contributed by atoms with Crippen molar-refractivity contribution in [1.82, 2.24) is 4.90 Å². The molecule has 0 aliphatic carbocycles. The Morgan fingerprint density at radius 1 is 1.38 bits per heavy atom. The van der Waals surface area contributed by atoms with E-state index in [0.717, 1.165) is 38.2 Å². The molecular weight excluding hydrogens is 200 g/mol. The van der Waals surface area contributed by atoms with E-state index in [1.165, 1.54) is 5.56 Å². The van der Waals surface area contributed by atoms with Crippen molar-refractivity contribution >= 4 is 0 Å². The molecule has 16 heavy (non-hydrogen) atoms. The molecule has 2 N–H and O–H groups in total. The molecule has 2 aliphatic rings. The second-order valence-electron chi connectivity index (χ2n) is 4.86. The third-order valence-electron chi connectivity index (χ3n) is 3.48. The summed E-state index contributed by atoms with van der Waals surface area (Å²) in [7, 11) is 0. The van der Waals surface area contributed by atoms with E-state index in [9.17, 15) is 0 Å². The number of hydrogen-bond donors (Lipinski definition) is 1. The van der Waals surface area contributed by atoms with Crippen LogP contribution in [0.3, 0.4) is 0 Å².